The van der Waals surface area contributed by atoms with Gasteiger partial charge in [-0.15, -0.1) is 10.2 Å². The Labute approximate surface area is 183 Å². The molecule has 31 heavy (non-hydrogen) atoms. The lowest BCUT2D eigenvalue weighted by Crippen LogP contribution is -2.46. The summed E-state index contributed by atoms with van der Waals surface area (Å²) in [6.07, 6.45) is 0. The van der Waals surface area contributed by atoms with Gasteiger partial charge in [-0.05, 0) is 30.3 Å². The lowest BCUT2D eigenvalue weighted by Gasteiger charge is -2.35. The number of aromatic nitrogens is 4. The molecule has 2 aromatic carbocycles. The maximum atomic E-state index is 5.71. The molecule has 2 aliphatic rings. The predicted molar refractivity (Wildman–Crippen MR) is 119 cm³/mol. The predicted octanol–water partition coefficient (Wildman–Crippen LogP) is 2.95. The number of hydrogen-bond donors (Lipinski definition) is 0. The summed E-state index contributed by atoms with van der Waals surface area (Å²) < 4.78 is 13.2. The van der Waals surface area contributed by atoms with Crippen LogP contribution in [0.15, 0.2) is 48.5 Å². The van der Waals surface area contributed by atoms with E-state index in [0.717, 1.165) is 65.6 Å². The van der Waals surface area contributed by atoms with E-state index < -0.39 is 0 Å². The van der Waals surface area contributed by atoms with Crippen LogP contribution in [-0.4, -0.2) is 64.1 Å². The quantitative estimate of drug-likeness (QED) is 0.489. The number of rotatable bonds is 4. The highest BCUT2D eigenvalue weighted by atomic mass is 32.1. The largest absolute Gasteiger partial charge is 0.486 e. The topological polar surface area (TPSA) is 68.0 Å². The molecule has 0 aliphatic carbocycles. The van der Waals surface area contributed by atoms with E-state index in [1.807, 2.05) is 22.7 Å². The highest BCUT2D eigenvalue weighted by Crippen LogP contribution is 2.35. The Balaban J connectivity index is 1.17. The number of piperazine rings is 1. The number of para-hydroxylation sites is 1. The number of anilines is 1. The molecule has 0 saturated carbocycles. The summed E-state index contributed by atoms with van der Waals surface area (Å²) in [6.45, 7) is 5.90. The summed E-state index contributed by atoms with van der Waals surface area (Å²) in [5.41, 5.74) is 2.29. The van der Waals surface area contributed by atoms with E-state index in [1.54, 1.807) is 0 Å². The van der Waals surface area contributed by atoms with E-state index in [2.05, 4.69) is 50.3 Å². The smallest absolute Gasteiger partial charge is 0.235 e. The third-order valence-corrected chi connectivity index (χ3v) is 6.65. The van der Waals surface area contributed by atoms with Crippen molar-refractivity contribution in [2.24, 2.45) is 0 Å². The second-order valence-corrected chi connectivity index (χ2v) is 8.63. The van der Waals surface area contributed by atoms with Crippen molar-refractivity contribution in [2.45, 2.75) is 6.54 Å². The van der Waals surface area contributed by atoms with E-state index in [-0.39, 0.29) is 0 Å². The molecule has 2 aliphatic heterocycles. The first-order valence-electron chi connectivity index (χ1n) is 10.5. The molecule has 0 bridgehead atoms. The van der Waals surface area contributed by atoms with Crippen LogP contribution < -0.4 is 14.4 Å². The van der Waals surface area contributed by atoms with Gasteiger partial charge in [0.15, 0.2) is 17.3 Å². The van der Waals surface area contributed by atoms with Crippen molar-refractivity contribution < 1.29 is 9.47 Å². The minimum Gasteiger partial charge on any atom is -0.486 e. The first kappa shape index (κ1) is 18.6. The normalized spacial score (nSPS) is 16.7. The van der Waals surface area contributed by atoms with Gasteiger partial charge in [0.1, 0.15) is 18.2 Å². The average Bonchev–Trinajstić information content (AvgIpc) is 3.42. The molecular weight excluding hydrogens is 412 g/mol. The number of benzene rings is 2. The molecule has 4 aromatic rings. The zero-order valence-corrected chi connectivity index (χ0v) is 17.8. The molecule has 4 heterocycles. The molecule has 0 radical (unpaired) electrons. The van der Waals surface area contributed by atoms with E-state index in [9.17, 15) is 0 Å². The first-order chi connectivity index (χ1) is 15.3. The fourth-order valence-electron chi connectivity index (χ4n) is 4.05. The molecule has 8 nitrogen and oxygen atoms in total. The molecule has 0 spiro atoms. The molecule has 0 unspecified atom stereocenters. The molecule has 0 atom stereocenters. The minimum atomic E-state index is 0.573. The summed E-state index contributed by atoms with van der Waals surface area (Å²) in [7, 11) is 0. The standard InChI is InChI=1S/C22H22N6O2S/c1-2-4-17(5-3-1)27-10-8-26(9-11-27)15-20-23-24-22-28(20)25-21(31-22)16-6-7-18-19(14-16)30-13-12-29-18/h1-7,14H,8-13,15H2. The Bertz CT molecular complexity index is 1200. The van der Waals surface area contributed by atoms with Crippen molar-refractivity contribution >= 4 is 22.0 Å². The van der Waals surface area contributed by atoms with Gasteiger partial charge in [0, 0.05) is 37.4 Å². The van der Waals surface area contributed by atoms with Gasteiger partial charge in [0.2, 0.25) is 4.96 Å². The summed E-state index contributed by atoms with van der Waals surface area (Å²) in [4.78, 5) is 5.65. The van der Waals surface area contributed by atoms with Crippen LogP contribution in [0, 0.1) is 0 Å². The number of fused-ring (bicyclic) bond motifs is 2. The Morgan fingerprint density at radius 3 is 2.52 bits per heavy atom. The Kier molecular flexibility index (Phi) is 4.69. The third kappa shape index (κ3) is 3.60. The van der Waals surface area contributed by atoms with Crippen molar-refractivity contribution in [1.29, 1.82) is 0 Å². The lowest BCUT2D eigenvalue weighted by atomic mass is 10.2. The summed E-state index contributed by atoms with van der Waals surface area (Å²) in [5, 5.41) is 14.4. The SMILES string of the molecule is c1ccc(N2CCN(Cc3nnc4sc(-c5ccc6c(c5)OCCO6)nn34)CC2)cc1. The monoisotopic (exact) mass is 434 g/mol. The van der Waals surface area contributed by atoms with Crippen molar-refractivity contribution in [2.75, 3.05) is 44.3 Å². The molecule has 0 N–H and O–H groups in total. The van der Waals surface area contributed by atoms with Gasteiger partial charge < -0.3 is 14.4 Å². The lowest BCUT2D eigenvalue weighted by molar-refractivity contribution is 0.171. The van der Waals surface area contributed by atoms with Gasteiger partial charge in [0.25, 0.3) is 0 Å². The van der Waals surface area contributed by atoms with Crippen LogP contribution in [0.4, 0.5) is 5.69 Å². The minimum absolute atomic E-state index is 0.573. The van der Waals surface area contributed by atoms with Crippen LogP contribution in [0.2, 0.25) is 0 Å². The first-order valence-corrected chi connectivity index (χ1v) is 11.3. The number of nitrogens with zero attached hydrogens (tertiary/aromatic N) is 6. The molecule has 9 heteroatoms. The van der Waals surface area contributed by atoms with Crippen molar-refractivity contribution in [1.82, 2.24) is 24.7 Å². The summed E-state index contributed by atoms with van der Waals surface area (Å²) in [6, 6.07) is 16.5. The fourth-order valence-corrected chi connectivity index (χ4v) is 4.91. The van der Waals surface area contributed by atoms with Gasteiger partial charge >= 0.3 is 0 Å². The van der Waals surface area contributed by atoms with Crippen LogP contribution in [0.25, 0.3) is 15.5 Å². The number of ether oxygens (including phenoxy) is 2. The van der Waals surface area contributed by atoms with E-state index in [0.29, 0.717) is 13.2 Å². The molecule has 1 saturated heterocycles. The average molecular weight is 435 g/mol. The Hall–Kier alpha value is -3.17. The second-order valence-electron chi connectivity index (χ2n) is 7.68. The van der Waals surface area contributed by atoms with Gasteiger partial charge in [-0.3, -0.25) is 4.90 Å². The van der Waals surface area contributed by atoms with E-state index in [1.165, 1.54) is 17.0 Å². The zero-order valence-electron chi connectivity index (χ0n) is 17.0. The highest BCUT2D eigenvalue weighted by molar-refractivity contribution is 7.19. The molecule has 2 aromatic heterocycles. The fraction of sp³-hybridized carbons (Fsp3) is 0.318. The van der Waals surface area contributed by atoms with E-state index in [4.69, 9.17) is 14.6 Å². The van der Waals surface area contributed by atoms with Crippen LogP contribution in [0.1, 0.15) is 5.82 Å². The summed E-state index contributed by atoms with van der Waals surface area (Å²) >= 11 is 1.54. The summed E-state index contributed by atoms with van der Waals surface area (Å²) in [5.74, 6) is 2.43. The molecule has 0 amide bonds. The van der Waals surface area contributed by atoms with Gasteiger partial charge in [-0.1, -0.05) is 29.5 Å². The third-order valence-electron chi connectivity index (χ3n) is 5.70. The second kappa shape index (κ2) is 7.82. The van der Waals surface area contributed by atoms with Crippen LogP contribution in [0.3, 0.4) is 0 Å². The number of hydrogen-bond acceptors (Lipinski definition) is 8. The van der Waals surface area contributed by atoms with Gasteiger partial charge in [-0.2, -0.15) is 9.61 Å². The van der Waals surface area contributed by atoms with Crippen molar-refractivity contribution in [3.05, 3.63) is 54.4 Å². The highest BCUT2D eigenvalue weighted by Gasteiger charge is 2.21. The Morgan fingerprint density at radius 1 is 0.871 bits per heavy atom. The zero-order chi connectivity index (χ0) is 20.6. The van der Waals surface area contributed by atoms with Gasteiger partial charge in [0.05, 0.1) is 6.54 Å². The van der Waals surface area contributed by atoms with Crippen LogP contribution in [-0.2, 0) is 6.54 Å². The van der Waals surface area contributed by atoms with E-state index >= 15 is 0 Å². The molecule has 1 fully saturated rings. The van der Waals surface area contributed by atoms with Crippen molar-refractivity contribution in [3.63, 3.8) is 0 Å². The maximum Gasteiger partial charge on any atom is 0.235 e. The van der Waals surface area contributed by atoms with Crippen LogP contribution >= 0.6 is 11.3 Å². The van der Waals surface area contributed by atoms with Gasteiger partial charge in [-0.25, -0.2) is 0 Å². The maximum absolute atomic E-state index is 5.71. The van der Waals surface area contributed by atoms with Crippen LogP contribution in [0.5, 0.6) is 11.5 Å². The molecule has 158 valence electrons. The Morgan fingerprint density at radius 2 is 1.68 bits per heavy atom. The molecular formula is C22H22N6O2S. The molecule has 6 rings (SSSR count). The van der Waals surface area contributed by atoms with Crippen molar-refractivity contribution in [3.8, 4) is 22.1 Å².